The van der Waals surface area contributed by atoms with Gasteiger partial charge in [-0.15, -0.1) is 0 Å². The first kappa shape index (κ1) is 8.75. The van der Waals surface area contributed by atoms with Gasteiger partial charge in [-0.05, 0) is 20.9 Å². The third-order valence-corrected chi connectivity index (χ3v) is 2.73. The minimum Gasteiger partial charge on any atom is -0.291 e. The Labute approximate surface area is 79.6 Å². The first-order chi connectivity index (χ1) is 6.18. The number of fused-ring (bicyclic) bond motifs is 1. The van der Waals surface area contributed by atoms with Crippen molar-refractivity contribution in [3.8, 4) is 0 Å². The average Bonchev–Trinajstić information content (AvgIpc) is 2.46. The molecule has 3 nitrogen and oxygen atoms in total. The molecule has 3 heteroatoms. The van der Waals surface area contributed by atoms with Gasteiger partial charge in [0, 0.05) is 6.54 Å². The summed E-state index contributed by atoms with van der Waals surface area (Å²) in [5.74, 6) is 1.43. The largest absolute Gasteiger partial charge is 0.291 e. The molecule has 0 spiro atoms. The lowest BCUT2D eigenvalue weighted by Crippen LogP contribution is -2.48. The summed E-state index contributed by atoms with van der Waals surface area (Å²) in [6.45, 7) is 7.83. The molecule has 72 valence electrons. The molecule has 1 aliphatic heterocycles. The predicted octanol–water partition coefficient (Wildman–Crippen LogP) is 0.802. The fourth-order valence-corrected chi connectivity index (χ4v) is 1.92. The van der Waals surface area contributed by atoms with Crippen molar-refractivity contribution in [1.29, 1.82) is 0 Å². The lowest BCUT2D eigenvalue weighted by molar-refractivity contribution is -0.711. The van der Waals surface area contributed by atoms with E-state index in [0.717, 1.165) is 13.1 Å². The van der Waals surface area contributed by atoms with Crippen molar-refractivity contribution >= 4 is 0 Å². The van der Waals surface area contributed by atoms with Gasteiger partial charge in [0.25, 0.3) is 5.82 Å². The molecule has 0 saturated heterocycles. The Morgan fingerprint density at radius 3 is 2.92 bits per heavy atom. The molecule has 0 N–H and O–H groups in total. The van der Waals surface area contributed by atoms with Crippen LogP contribution in [0.3, 0.4) is 0 Å². The van der Waals surface area contributed by atoms with Gasteiger partial charge in [0.15, 0.2) is 0 Å². The Morgan fingerprint density at radius 2 is 2.23 bits per heavy atom. The molecular weight excluding hydrogens is 162 g/mol. The molecule has 0 aromatic carbocycles. The van der Waals surface area contributed by atoms with Crippen molar-refractivity contribution < 1.29 is 4.57 Å². The highest BCUT2D eigenvalue weighted by Crippen LogP contribution is 2.10. The van der Waals surface area contributed by atoms with Gasteiger partial charge in [-0.2, -0.15) is 0 Å². The highest BCUT2D eigenvalue weighted by Gasteiger charge is 2.24. The SMILES string of the molecule is CC(C)n1cc[n+]2c1CN(C)CC2. The van der Waals surface area contributed by atoms with Gasteiger partial charge < -0.3 is 0 Å². The monoisotopic (exact) mass is 180 g/mol. The number of likely N-dealkylation sites (N-methyl/N-ethyl adjacent to an activating group) is 1. The number of rotatable bonds is 1. The van der Waals surface area contributed by atoms with Gasteiger partial charge in [0.1, 0.15) is 25.5 Å². The number of hydrogen-bond donors (Lipinski definition) is 0. The molecule has 0 aliphatic carbocycles. The highest BCUT2D eigenvalue weighted by molar-refractivity contribution is 4.87. The molecular formula is C10H18N3+. The summed E-state index contributed by atoms with van der Waals surface area (Å²) in [7, 11) is 2.18. The van der Waals surface area contributed by atoms with Crippen LogP contribution < -0.4 is 4.57 Å². The van der Waals surface area contributed by atoms with E-state index in [0.29, 0.717) is 6.04 Å². The first-order valence-electron chi connectivity index (χ1n) is 4.96. The van der Waals surface area contributed by atoms with Gasteiger partial charge in [-0.1, -0.05) is 0 Å². The zero-order valence-electron chi connectivity index (χ0n) is 8.70. The summed E-state index contributed by atoms with van der Waals surface area (Å²) in [5, 5.41) is 0. The third-order valence-electron chi connectivity index (χ3n) is 2.73. The standard InChI is InChI=1S/C10H18N3/c1-9(2)13-7-6-12-5-4-11(3)8-10(12)13/h6-7,9H,4-5,8H2,1-3H3/q+1. The van der Waals surface area contributed by atoms with Crippen LogP contribution in [0, 0.1) is 0 Å². The molecule has 0 bridgehead atoms. The molecule has 0 atom stereocenters. The number of hydrogen-bond acceptors (Lipinski definition) is 1. The zero-order chi connectivity index (χ0) is 9.42. The Bertz CT molecular complexity index is 301. The van der Waals surface area contributed by atoms with Gasteiger partial charge in [-0.25, -0.2) is 9.13 Å². The molecule has 13 heavy (non-hydrogen) atoms. The molecule has 2 rings (SSSR count). The van der Waals surface area contributed by atoms with Crippen molar-refractivity contribution in [1.82, 2.24) is 9.47 Å². The van der Waals surface area contributed by atoms with E-state index in [-0.39, 0.29) is 0 Å². The minimum atomic E-state index is 0.572. The second kappa shape index (κ2) is 3.14. The minimum absolute atomic E-state index is 0.572. The molecule has 0 saturated carbocycles. The zero-order valence-corrected chi connectivity index (χ0v) is 8.70. The van der Waals surface area contributed by atoms with Crippen molar-refractivity contribution in [2.24, 2.45) is 0 Å². The molecule has 1 aromatic rings. The fraction of sp³-hybridized carbons (Fsp3) is 0.700. The van der Waals surface area contributed by atoms with Gasteiger partial charge in [-0.3, -0.25) is 4.90 Å². The van der Waals surface area contributed by atoms with Crippen LogP contribution in [-0.2, 0) is 13.1 Å². The summed E-state index contributed by atoms with van der Waals surface area (Å²) < 4.78 is 4.72. The normalized spacial score (nSPS) is 17.8. The molecule has 0 fully saturated rings. The quantitative estimate of drug-likeness (QED) is 0.582. The van der Waals surface area contributed by atoms with Crippen LogP contribution in [0.2, 0.25) is 0 Å². The molecule has 2 heterocycles. The van der Waals surface area contributed by atoms with Crippen molar-refractivity contribution in [3.63, 3.8) is 0 Å². The summed E-state index contributed by atoms with van der Waals surface area (Å²) in [6, 6.07) is 0.572. The van der Waals surface area contributed by atoms with E-state index in [1.807, 2.05) is 0 Å². The lowest BCUT2D eigenvalue weighted by Gasteiger charge is -2.20. The van der Waals surface area contributed by atoms with Crippen molar-refractivity contribution in [3.05, 3.63) is 18.2 Å². The van der Waals surface area contributed by atoms with E-state index in [1.165, 1.54) is 12.4 Å². The fourth-order valence-electron chi connectivity index (χ4n) is 1.92. The second-order valence-corrected chi connectivity index (χ2v) is 4.15. The summed E-state index contributed by atoms with van der Waals surface area (Å²) in [4.78, 5) is 2.37. The summed E-state index contributed by atoms with van der Waals surface area (Å²) >= 11 is 0. The van der Waals surface area contributed by atoms with Gasteiger partial charge in [0.05, 0.1) is 6.04 Å². The van der Waals surface area contributed by atoms with Crippen LogP contribution in [-0.4, -0.2) is 23.1 Å². The van der Waals surface area contributed by atoms with Crippen LogP contribution in [0.25, 0.3) is 0 Å². The first-order valence-corrected chi connectivity index (χ1v) is 4.96. The Hall–Kier alpha value is -0.830. The molecule has 0 amide bonds. The third kappa shape index (κ3) is 1.48. The van der Waals surface area contributed by atoms with E-state index >= 15 is 0 Å². The topological polar surface area (TPSA) is 12.0 Å². The second-order valence-electron chi connectivity index (χ2n) is 4.15. The predicted molar refractivity (Wildman–Crippen MR) is 51.3 cm³/mol. The Balaban J connectivity index is 2.35. The van der Waals surface area contributed by atoms with E-state index in [2.05, 4.69) is 47.3 Å². The summed E-state index contributed by atoms with van der Waals surface area (Å²) in [5.41, 5.74) is 0. The summed E-state index contributed by atoms with van der Waals surface area (Å²) in [6.07, 6.45) is 4.39. The van der Waals surface area contributed by atoms with E-state index in [4.69, 9.17) is 0 Å². The number of aromatic nitrogens is 2. The van der Waals surface area contributed by atoms with Crippen molar-refractivity contribution in [2.75, 3.05) is 13.6 Å². The Kier molecular flexibility index (Phi) is 2.12. The van der Waals surface area contributed by atoms with Crippen LogP contribution in [0.15, 0.2) is 12.4 Å². The van der Waals surface area contributed by atoms with Crippen LogP contribution >= 0.6 is 0 Å². The average molecular weight is 180 g/mol. The van der Waals surface area contributed by atoms with Crippen LogP contribution in [0.5, 0.6) is 0 Å². The molecule has 0 radical (unpaired) electrons. The van der Waals surface area contributed by atoms with Crippen LogP contribution in [0.4, 0.5) is 0 Å². The van der Waals surface area contributed by atoms with Gasteiger partial charge >= 0.3 is 0 Å². The molecule has 1 aromatic heterocycles. The molecule has 0 unspecified atom stereocenters. The van der Waals surface area contributed by atoms with E-state index in [9.17, 15) is 0 Å². The van der Waals surface area contributed by atoms with Crippen molar-refractivity contribution in [2.45, 2.75) is 33.0 Å². The maximum atomic E-state index is 2.37. The van der Waals surface area contributed by atoms with Gasteiger partial charge in [0.2, 0.25) is 0 Å². The maximum absolute atomic E-state index is 2.37. The van der Waals surface area contributed by atoms with E-state index < -0.39 is 0 Å². The smallest absolute Gasteiger partial charge is 0.271 e. The number of nitrogens with zero attached hydrogens (tertiary/aromatic N) is 3. The van der Waals surface area contributed by atoms with E-state index in [1.54, 1.807) is 0 Å². The van der Waals surface area contributed by atoms with Crippen LogP contribution in [0.1, 0.15) is 25.7 Å². The maximum Gasteiger partial charge on any atom is 0.271 e. The Morgan fingerprint density at radius 1 is 1.46 bits per heavy atom. The molecule has 1 aliphatic rings. The highest BCUT2D eigenvalue weighted by atomic mass is 15.3. The number of imidazole rings is 1. The lowest BCUT2D eigenvalue weighted by atomic mass is 10.3.